The van der Waals surface area contributed by atoms with Gasteiger partial charge < -0.3 is 19.1 Å². The van der Waals surface area contributed by atoms with E-state index >= 15 is 0 Å². The second kappa shape index (κ2) is 12.6. The summed E-state index contributed by atoms with van der Waals surface area (Å²) in [6.45, 7) is 8.38. The number of allylic oxidation sites excluding steroid dienone is 4. The number of benzene rings is 2. The summed E-state index contributed by atoms with van der Waals surface area (Å²) in [5, 5.41) is 8.96. The third kappa shape index (κ3) is 7.00. The van der Waals surface area contributed by atoms with E-state index in [4.69, 9.17) is 5.11 Å². The zero-order valence-electron chi connectivity index (χ0n) is 25.2. The van der Waals surface area contributed by atoms with Gasteiger partial charge in [0.2, 0.25) is 5.69 Å². The molecule has 0 aromatic heterocycles. The first-order valence-corrected chi connectivity index (χ1v) is 16.4. The van der Waals surface area contributed by atoms with Crippen molar-refractivity contribution >= 4 is 43.3 Å². The fourth-order valence-corrected chi connectivity index (χ4v) is 6.97. The molecule has 2 aliphatic heterocycles. The molecule has 2 aromatic carbocycles. The molecule has 0 unspecified atom stereocenters. The molecule has 0 aliphatic carbocycles. The molecular formula is C30H35N2NaO8S2. The third-order valence-electron chi connectivity index (χ3n) is 8.23. The number of carboxylic acid groups (broad SMARTS) is 1. The van der Waals surface area contributed by atoms with Gasteiger partial charge in [0.15, 0.2) is 5.71 Å². The van der Waals surface area contributed by atoms with Crippen LogP contribution in [-0.2, 0) is 35.9 Å². The number of hydrogen-bond acceptors (Lipinski definition) is 8. The molecule has 1 N–H and O–H groups in total. The first kappa shape index (κ1) is 35.2. The van der Waals surface area contributed by atoms with Crippen molar-refractivity contribution in [3.05, 3.63) is 71.5 Å². The van der Waals surface area contributed by atoms with Gasteiger partial charge in [-0.25, -0.2) is 16.8 Å². The topological polar surface area (TPSA) is 158 Å². The maximum absolute atomic E-state index is 11.8. The SMILES string of the molecule is C[N+]1=C(/C=C/C=C2/N(CCCCCC(=O)O)c3ccc(S(=O)(=O)[O-])cc3C2(C)C)C(C)(C)c2cc(S(=O)(=O)[O-])ccc21.[Na+]. The zero-order valence-corrected chi connectivity index (χ0v) is 28.9. The summed E-state index contributed by atoms with van der Waals surface area (Å²) in [6.07, 6.45) is 7.79. The van der Waals surface area contributed by atoms with E-state index in [9.17, 15) is 30.7 Å². The Hall–Kier alpha value is -2.32. The van der Waals surface area contributed by atoms with Crippen molar-refractivity contribution in [3.63, 3.8) is 0 Å². The van der Waals surface area contributed by atoms with Crippen LogP contribution in [0.15, 0.2) is 70.1 Å². The Balaban J connectivity index is 0.00000506. The van der Waals surface area contributed by atoms with Crippen molar-refractivity contribution in [2.24, 2.45) is 0 Å². The van der Waals surface area contributed by atoms with E-state index in [1.165, 1.54) is 24.3 Å². The fourth-order valence-electron chi connectivity index (χ4n) is 5.98. The molecule has 2 heterocycles. The predicted octanol–water partition coefficient (Wildman–Crippen LogP) is 1.39. The quantitative estimate of drug-likeness (QED) is 0.176. The smallest absolute Gasteiger partial charge is 0.744 e. The minimum atomic E-state index is -4.65. The van der Waals surface area contributed by atoms with Gasteiger partial charge in [0, 0.05) is 47.5 Å². The average molecular weight is 639 g/mol. The summed E-state index contributed by atoms with van der Waals surface area (Å²) in [6, 6.07) is 8.76. The Bertz CT molecular complexity index is 1760. The summed E-state index contributed by atoms with van der Waals surface area (Å²) in [5.41, 5.74) is 3.51. The van der Waals surface area contributed by atoms with Crippen molar-refractivity contribution < 1.29 is 70.0 Å². The molecule has 2 aromatic rings. The van der Waals surface area contributed by atoms with E-state index in [-0.39, 0.29) is 45.8 Å². The number of unbranched alkanes of at least 4 members (excludes halogenated alkanes) is 2. The van der Waals surface area contributed by atoms with Crippen LogP contribution in [0.5, 0.6) is 0 Å². The average Bonchev–Trinajstić information content (AvgIpc) is 3.21. The molecule has 4 rings (SSSR count). The van der Waals surface area contributed by atoms with Crippen LogP contribution in [0.1, 0.15) is 64.5 Å². The van der Waals surface area contributed by atoms with Crippen molar-refractivity contribution in [2.75, 3.05) is 18.5 Å². The number of carboxylic acids is 1. The van der Waals surface area contributed by atoms with Crippen LogP contribution < -0.4 is 34.5 Å². The molecule has 0 fully saturated rings. The molecule has 0 spiro atoms. The minimum absolute atomic E-state index is 0. The maximum Gasteiger partial charge on any atom is 1.00 e. The molecule has 0 atom stereocenters. The number of hydrogen-bond donors (Lipinski definition) is 1. The van der Waals surface area contributed by atoms with E-state index in [1.54, 1.807) is 12.1 Å². The maximum atomic E-state index is 11.8. The molecule has 226 valence electrons. The summed E-state index contributed by atoms with van der Waals surface area (Å²) in [5.74, 6) is -0.843. The summed E-state index contributed by atoms with van der Waals surface area (Å²) in [7, 11) is -7.39. The van der Waals surface area contributed by atoms with E-state index in [0.29, 0.717) is 31.4 Å². The monoisotopic (exact) mass is 638 g/mol. The van der Waals surface area contributed by atoms with E-state index in [1.807, 2.05) is 57.5 Å². The molecule has 10 nitrogen and oxygen atoms in total. The van der Waals surface area contributed by atoms with Gasteiger partial charge in [-0.2, -0.15) is 4.58 Å². The molecule has 2 aliphatic rings. The van der Waals surface area contributed by atoms with Gasteiger partial charge in [0.25, 0.3) is 0 Å². The molecule has 0 radical (unpaired) electrons. The van der Waals surface area contributed by atoms with Crippen molar-refractivity contribution in [2.45, 2.75) is 74.0 Å². The fraction of sp³-hybridized carbons (Fsp3) is 0.400. The summed E-state index contributed by atoms with van der Waals surface area (Å²) in [4.78, 5) is 12.4. The minimum Gasteiger partial charge on any atom is -0.744 e. The molecule has 43 heavy (non-hydrogen) atoms. The Morgan fingerprint density at radius 1 is 0.907 bits per heavy atom. The number of nitrogens with zero attached hydrogens (tertiary/aromatic N) is 2. The normalized spacial score (nSPS) is 18.2. The number of rotatable bonds is 10. The van der Waals surface area contributed by atoms with Crippen molar-refractivity contribution in [1.82, 2.24) is 0 Å². The van der Waals surface area contributed by atoms with Gasteiger partial charge in [0.05, 0.1) is 15.2 Å². The van der Waals surface area contributed by atoms with Crippen LogP contribution in [0.3, 0.4) is 0 Å². The Labute approximate surface area is 275 Å². The van der Waals surface area contributed by atoms with Gasteiger partial charge in [-0.1, -0.05) is 26.3 Å². The number of aliphatic carboxylic acids is 1. The van der Waals surface area contributed by atoms with E-state index in [2.05, 4.69) is 4.90 Å². The van der Waals surface area contributed by atoms with Gasteiger partial charge >= 0.3 is 35.5 Å². The van der Waals surface area contributed by atoms with Crippen LogP contribution >= 0.6 is 0 Å². The van der Waals surface area contributed by atoms with Gasteiger partial charge in [-0.15, -0.1) is 0 Å². The second-order valence-corrected chi connectivity index (χ2v) is 14.5. The summed E-state index contributed by atoms with van der Waals surface area (Å²) < 4.78 is 72.3. The second-order valence-electron chi connectivity index (χ2n) is 11.7. The number of anilines is 1. The van der Waals surface area contributed by atoms with E-state index in [0.717, 1.165) is 28.3 Å². The first-order chi connectivity index (χ1) is 19.4. The Morgan fingerprint density at radius 3 is 2.07 bits per heavy atom. The first-order valence-electron chi connectivity index (χ1n) is 13.6. The van der Waals surface area contributed by atoms with Crippen LogP contribution in [0.25, 0.3) is 0 Å². The number of carbonyl (C=O) groups is 1. The standard InChI is InChI=1S/C30H36N2O8S2.Na/c1-29(2)22-18-20(41(35,36)37)13-15-24(22)31(5)26(29)10-9-11-27-30(3,4)23-19-21(42(38,39)40)14-16-25(23)32(27)17-8-6-7-12-28(33)34;/h9-11,13-16,18-19H,6-8,12,17H2,1-5H3,(H2-,33,34,35,36,37,38,39,40);/q;+1/p-1. The van der Waals surface area contributed by atoms with Crippen LogP contribution in [0, 0.1) is 0 Å². The van der Waals surface area contributed by atoms with Crippen LogP contribution in [-0.4, -0.2) is 60.9 Å². The van der Waals surface area contributed by atoms with Crippen LogP contribution in [0.2, 0.25) is 0 Å². The zero-order chi connectivity index (χ0) is 31.3. The predicted molar refractivity (Wildman–Crippen MR) is 156 cm³/mol. The van der Waals surface area contributed by atoms with Gasteiger partial charge in [-0.3, -0.25) is 4.79 Å². The van der Waals surface area contributed by atoms with Gasteiger partial charge in [-0.05, 0) is 68.7 Å². The molecule has 0 saturated carbocycles. The van der Waals surface area contributed by atoms with Crippen molar-refractivity contribution in [3.8, 4) is 0 Å². The number of fused-ring (bicyclic) bond motifs is 2. The van der Waals surface area contributed by atoms with Crippen molar-refractivity contribution in [1.29, 1.82) is 0 Å². The van der Waals surface area contributed by atoms with Gasteiger partial charge in [0.1, 0.15) is 27.3 Å². The molecular weight excluding hydrogens is 603 g/mol. The summed E-state index contributed by atoms with van der Waals surface area (Å²) >= 11 is 0. The molecule has 0 bridgehead atoms. The largest absolute Gasteiger partial charge is 1.00 e. The Kier molecular flexibility index (Phi) is 10.3. The third-order valence-corrected chi connectivity index (χ3v) is 9.89. The molecule has 0 amide bonds. The van der Waals surface area contributed by atoms with E-state index < -0.39 is 37.0 Å². The molecule has 13 heteroatoms. The molecule has 0 saturated heterocycles. The Morgan fingerprint density at radius 2 is 1.49 bits per heavy atom. The van der Waals surface area contributed by atoms with Crippen LogP contribution in [0.4, 0.5) is 11.4 Å².